The highest BCUT2D eigenvalue weighted by Crippen LogP contribution is 2.36. The summed E-state index contributed by atoms with van der Waals surface area (Å²) in [7, 11) is 0. The summed E-state index contributed by atoms with van der Waals surface area (Å²) in [6.07, 6.45) is 87.6. The Bertz CT molecular complexity index is 3110. The number of nitrogens with zero attached hydrogens (tertiary/aromatic N) is 2. The van der Waals surface area contributed by atoms with Gasteiger partial charge in [0.15, 0.2) is 0 Å². The van der Waals surface area contributed by atoms with Crippen LogP contribution in [-0.4, -0.2) is 49.6 Å². The molecule has 3 aromatic carbocycles. The van der Waals surface area contributed by atoms with E-state index in [0.717, 1.165) is 145 Å². The van der Waals surface area contributed by atoms with E-state index >= 15 is 0 Å². The molecule has 0 aliphatic rings. The predicted molar refractivity (Wildman–Crippen MR) is 502 cm³/mol. The Morgan fingerprint density at radius 2 is 0.388 bits per heavy atom. The molecule has 0 radical (unpaired) electrons. The monoisotopic (exact) mass is 1590 g/mol. The van der Waals surface area contributed by atoms with Crippen LogP contribution in [0.3, 0.4) is 0 Å². The summed E-state index contributed by atoms with van der Waals surface area (Å²) in [5.41, 5.74) is 6.79. The van der Waals surface area contributed by atoms with Gasteiger partial charge < -0.3 is 28.4 Å². The molecule has 8 nitrogen and oxygen atoms in total. The number of aromatic nitrogens is 2. The molecular weight excluding hydrogens is 1420 g/mol. The molecule has 5 aromatic rings. The number of unbranched alkanes of at least 4 members (excludes halogenated alkanes) is 54. The molecule has 0 unspecified atom stereocenters. The van der Waals surface area contributed by atoms with Crippen LogP contribution in [-0.2, 0) is 0 Å². The normalized spacial score (nSPS) is 11.4. The standard InChI is InChI=1S/C108H168N2O6/c1-7-13-19-25-31-37-43-49-55-65-83-111-103-89-96(74-76-98-92-108(116-88-70-60-54-48-42-36-30-24-18-12-6)100(78-80-102-72-62-64-82-110-102)94-106(98)114-86-68-58-52-46-40-34-28-22-16-10-4)104(112-84-66-56-50-44-38-32-26-20-14-8-2)90-95(103)73-75-97-91-107(115-87-69-59-53-47-41-35-29-23-17-11-5)99(77-79-101-71-61-63-81-109-101)93-105(97)113-85-67-57-51-45-39-33-27-21-15-9-3/h61-64,71-72,77-82,89-94H,7-60,65-70,83-88H2,1-6H3/b79-77+,80-78+. The molecule has 116 heavy (non-hydrogen) atoms. The number of benzene rings is 3. The third-order valence-corrected chi connectivity index (χ3v) is 22.7. The van der Waals surface area contributed by atoms with Crippen molar-refractivity contribution >= 4 is 24.3 Å². The van der Waals surface area contributed by atoms with Gasteiger partial charge in [-0.15, -0.1) is 0 Å². The van der Waals surface area contributed by atoms with Crippen LogP contribution < -0.4 is 28.4 Å². The zero-order chi connectivity index (χ0) is 82.0. The van der Waals surface area contributed by atoms with Crippen molar-refractivity contribution in [2.24, 2.45) is 0 Å². The van der Waals surface area contributed by atoms with Crippen LogP contribution >= 0.6 is 0 Å². The van der Waals surface area contributed by atoms with Crippen LogP contribution in [0.4, 0.5) is 0 Å². The molecule has 0 saturated carbocycles. The molecule has 0 aliphatic carbocycles. The second kappa shape index (κ2) is 72.4. The minimum Gasteiger partial charge on any atom is -0.493 e. The number of ether oxygens (including phenoxy) is 6. The third kappa shape index (κ3) is 50.3. The molecule has 5 rings (SSSR count). The topological polar surface area (TPSA) is 81.2 Å². The summed E-state index contributed by atoms with van der Waals surface area (Å²) in [5.74, 6) is 19.4. The molecule has 0 atom stereocenters. The van der Waals surface area contributed by atoms with E-state index in [1.54, 1.807) is 0 Å². The highest BCUT2D eigenvalue weighted by molar-refractivity contribution is 5.75. The van der Waals surface area contributed by atoms with Crippen molar-refractivity contribution in [2.75, 3.05) is 39.6 Å². The van der Waals surface area contributed by atoms with Crippen LogP contribution in [0, 0.1) is 23.7 Å². The maximum atomic E-state index is 7.07. The van der Waals surface area contributed by atoms with Gasteiger partial charge in [-0.25, -0.2) is 0 Å². The Morgan fingerprint density at radius 3 is 0.586 bits per heavy atom. The first-order chi connectivity index (χ1) is 57.5. The predicted octanol–water partition coefficient (Wildman–Crippen LogP) is 33.4. The molecule has 0 amide bonds. The fraction of sp³-hybridized carbons (Fsp3) is 0.667. The third-order valence-electron chi connectivity index (χ3n) is 22.7. The van der Waals surface area contributed by atoms with Crippen molar-refractivity contribution < 1.29 is 28.4 Å². The largest absolute Gasteiger partial charge is 0.493 e. The van der Waals surface area contributed by atoms with Crippen LogP contribution in [0.2, 0.25) is 0 Å². The van der Waals surface area contributed by atoms with Crippen LogP contribution in [0.15, 0.2) is 85.2 Å². The Balaban J connectivity index is 1.64. The molecule has 0 bridgehead atoms. The molecule has 0 saturated heterocycles. The molecular formula is C108H168N2O6. The van der Waals surface area contributed by atoms with Gasteiger partial charge in [0.1, 0.15) is 34.5 Å². The van der Waals surface area contributed by atoms with E-state index in [1.807, 2.05) is 48.8 Å². The maximum absolute atomic E-state index is 7.07. The van der Waals surface area contributed by atoms with Gasteiger partial charge in [-0.2, -0.15) is 0 Å². The first-order valence-electron chi connectivity index (χ1n) is 49.0. The second-order valence-corrected chi connectivity index (χ2v) is 33.5. The Labute approximate surface area is 713 Å². The van der Waals surface area contributed by atoms with Crippen molar-refractivity contribution in [3.8, 4) is 58.2 Å². The minimum absolute atomic E-state index is 0.572. The van der Waals surface area contributed by atoms with E-state index < -0.39 is 0 Å². The van der Waals surface area contributed by atoms with Crippen molar-refractivity contribution in [3.63, 3.8) is 0 Å². The lowest BCUT2D eigenvalue weighted by Crippen LogP contribution is -2.04. The molecule has 0 aliphatic heterocycles. The number of pyridine rings is 2. The highest BCUT2D eigenvalue weighted by Gasteiger charge is 2.17. The molecule has 0 fully saturated rings. The lowest BCUT2D eigenvalue weighted by Gasteiger charge is -2.16. The molecule has 2 heterocycles. The van der Waals surface area contributed by atoms with E-state index in [1.165, 1.54) is 308 Å². The number of hydrogen-bond donors (Lipinski definition) is 0. The van der Waals surface area contributed by atoms with Crippen molar-refractivity contribution in [3.05, 3.63) is 130 Å². The SMILES string of the molecule is CCCCCCCCCCCCOc1cc(C#Cc2cc(OCCCCCCCCCCCC)c(/C=C/c3ccccn3)cc2OCCCCCCCCCCCC)c(OCCCCCCCCCCCC)cc1C#Cc1cc(OCCCCCCCCCCCC)c(/C=C/c2ccccn2)cc1OCCCCCCCCCCCC. The first-order valence-corrected chi connectivity index (χ1v) is 49.0. The fourth-order valence-corrected chi connectivity index (χ4v) is 15.3. The summed E-state index contributed by atoms with van der Waals surface area (Å²) in [6, 6.07) is 24.9. The summed E-state index contributed by atoms with van der Waals surface area (Å²) in [5, 5.41) is 0. The van der Waals surface area contributed by atoms with Gasteiger partial charge in [-0.1, -0.05) is 424 Å². The molecule has 8 heteroatoms. The minimum atomic E-state index is 0.572. The first kappa shape index (κ1) is 99.9. The quantitative estimate of drug-likeness (QED) is 0.0281. The number of hydrogen-bond acceptors (Lipinski definition) is 8. The maximum Gasteiger partial charge on any atom is 0.136 e. The van der Waals surface area contributed by atoms with Crippen LogP contribution in [0.1, 0.15) is 472 Å². The lowest BCUT2D eigenvalue weighted by molar-refractivity contribution is 0.294. The van der Waals surface area contributed by atoms with Gasteiger partial charge in [0.25, 0.3) is 0 Å². The summed E-state index contributed by atoms with van der Waals surface area (Å²) < 4.78 is 41.8. The van der Waals surface area contributed by atoms with Gasteiger partial charge in [0.2, 0.25) is 0 Å². The molecule has 0 N–H and O–H groups in total. The summed E-state index contributed by atoms with van der Waals surface area (Å²) in [6.45, 7) is 17.4. The van der Waals surface area contributed by atoms with Gasteiger partial charge in [-0.3, -0.25) is 9.97 Å². The lowest BCUT2D eigenvalue weighted by atomic mass is 10.0. The van der Waals surface area contributed by atoms with Crippen molar-refractivity contribution in [1.82, 2.24) is 9.97 Å². The molecule has 0 spiro atoms. The van der Waals surface area contributed by atoms with Gasteiger partial charge in [0.05, 0.1) is 73.3 Å². The Kier molecular flexibility index (Phi) is 62.4. The zero-order valence-electron chi connectivity index (χ0n) is 75.4. The van der Waals surface area contributed by atoms with Gasteiger partial charge in [-0.05, 0) is 99.2 Å². The Hall–Kier alpha value is -6.64. The smallest absolute Gasteiger partial charge is 0.136 e. The summed E-state index contributed by atoms with van der Waals surface area (Å²) in [4.78, 5) is 9.35. The Morgan fingerprint density at radius 1 is 0.207 bits per heavy atom. The fourth-order valence-electron chi connectivity index (χ4n) is 15.3. The molecule has 2 aromatic heterocycles. The van der Waals surface area contributed by atoms with Crippen LogP contribution in [0.5, 0.6) is 34.5 Å². The van der Waals surface area contributed by atoms with Crippen molar-refractivity contribution in [1.29, 1.82) is 0 Å². The van der Waals surface area contributed by atoms with E-state index in [4.69, 9.17) is 28.4 Å². The second-order valence-electron chi connectivity index (χ2n) is 33.5. The van der Waals surface area contributed by atoms with Gasteiger partial charge >= 0.3 is 0 Å². The van der Waals surface area contributed by atoms with E-state index in [0.29, 0.717) is 51.1 Å². The van der Waals surface area contributed by atoms with Gasteiger partial charge in [0, 0.05) is 47.8 Å². The van der Waals surface area contributed by atoms with E-state index in [2.05, 4.69) is 136 Å². The number of rotatable bonds is 76. The van der Waals surface area contributed by atoms with Crippen LogP contribution in [0.25, 0.3) is 24.3 Å². The highest BCUT2D eigenvalue weighted by atomic mass is 16.5. The van der Waals surface area contributed by atoms with E-state index in [-0.39, 0.29) is 0 Å². The summed E-state index contributed by atoms with van der Waals surface area (Å²) >= 11 is 0. The average Bonchev–Trinajstić information content (AvgIpc) is 0.818. The zero-order valence-corrected chi connectivity index (χ0v) is 75.4. The van der Waals surface area contributed by atoms with Crippen molar-refractivity contribution in [2.45, 2.75) is 427 Å². The molecule has 646 valence electrons. The van der Waals surface area contributed by atoms with E-state index in [9.17, 15) is 0 Å². The average molecular weight is 1590 g/mol.